The van der Waals surface area contributed by atoms with Gasteiger partial charge in [-0.15, -0.1) is 0 Å². The molecule has 2 amide bonds. The Bertz CT molecular complexity index is 878. The molecular formula is C19H21F3N4O2. The second-order valence-corrected chi connectivity index (χ2v) is 7.09. The van der Waals surface area contributed by atoms with E-state index in [4.69, 9.17) is 0 Å². The van der Waals surface area contributed by atoms with E-state index in [1.807, 2.05) is 6.20 Å². The van der Waals surface area contributed by atoms with Gasteiger partial charge in [-0.05, 0) is 17.7 Å². The molecule has 1 atom stereocenters. The van der Waals surface area contributed by atoms with Crippen LogP contribution >= 0.6 is 0 Å². The summed E-state index contributed by atoms with van der Waals surface area (Å²) >= 11 is 0. The largest absolute Gasteiger partial charge is 0.416 e. The molecule has 1 aromatic carbocycles. The molecule has 2 aromatic rings. The molecule has 0 aliphatic carbocycles. The molecule has 1 aromatic heterocycles. The van der Waals surface area contributed by atoms with Gasteiger partial charge in [0.15, 0.2) is 0 Å². The molecule has 0 N–H and O–H groups in total. The SMILES string of the molecule is CN(Cc1cnn(C)c1)C(=O)C1CC(=O)N(Cc2cccc(C(F)(F)F)c2)C1. The van der Waals surface area contributed by atoms with E-state index in [1.54, 1.807) is 35.9 Å². The molecular weight excluding hydrogens is 373 g/mol. The highest BCUT2D eigenvalue weighted by Gasteiger charge is 2.36. The number of likely N-dealkylation sites (tertiary alicyclic amines) is 1. The van der Waals surface area contributed by atoms with E-state index in [1.165, 1.54) is 11.0 Å². The summed E-state index contributed by atoms with van der Waals surface area (Å²) in [7, 11) is 3.45. The van der Waals surface area contributed by atoms with Crippen molar-refractivity contribution in [1.29, 1.82) is 0 Å². The third-order valence-corrected chi connectivity index (χ3v) is 4.75. The number of aromatic nitrogens is 2. The Morgan fingerprint density at radius 1 is 1.32 bits per heavy atom. The Labute approximate surface area is 160 Å². The Morgan fingerprint density at radius 2 is 2.07 bits per heavy atom. The van der Waals surface area contributed by atoms with Crippen molar-refractivity contribution in [2.75, 3.05) is 13.6 Å². The molecule has 0 spiro atoms. The van der Waals surface area contributed by atoms with Crippen LogP contribution in [0.1, 0.15) is 23.1 Å². The second kappa shape index (κ2) is 7.65. The van der Waals surface area contributed by atoms with Gasteiger partial charge in [-0.25, -0.2) is 0 Å². The van der Waals surface area contributed by atoms with Gasteiger partial charge in [0.2, 0.25) is 11.8 Å². The number of carbonyl (C=O) groups is 2. The van der Waals surface area contributed by atoms with Gasteiger partial charge in [-0.1, -0.05) is 12.1 Å². The van der Waals surface area contributed by atoms with Crippen LogP contribution < -0.4 is 0 Å². The number of amides is 2. The fourth-order valence-corrected chi connectivity index (χ4v) is 3.37. The van der Waals surface area contributed by atoms with Gasteiger partial charge >= 0.3 is 6.18 Å². The van der Waals surface area contributed by atoms with Crippen molar-refractivity contribution in [2.45, 2.75) is 25.7 Å². The highest BCUT2D eigenvalue weighted by Crippen LogP contribution is 2.30. The van der Waals surface area contributed by atoms with Gasteiger partial charge < -0.3 is 9.80 Å². The minimum absolute atomic E-state index is 0.0544. The fraction of sp³-hybridized carbons (Fsp3) is 0.421. The van der Waals surface area contributed by atoms with Gasteiger partial charge in [0.1, 0.15) is 0 Å². The summed E-state index contributed by atoms with van der Waals surface area (Å²) in [4.78, 5) is 27.9. The van der Waals surface area contributed by atoms with E-state index in [9.17, 15) is 22.8 Å². The van der Waals surface area contributed by atoms with E-state index < -0.39 is 17.7 Å². The number of nitrogens with zero attached hydrogens (tertiary/aromatic N) is 4. The van der Waals surface area contributed by atoms with Crippen LogP contribution in [0.5, 0.6) is 0 Å². The first-order chi connectivity index (χ1) is 13.1. The lowest BCUT2D eigenvalue weighted by molar-refractivity contribution is -0.137. The maximum absolute atomic E-state index is 12.9. The zero-order chi connectivity index (χ0) is 20.5. The Balaban J connectivity index is 1.62. The van der Waals surface area contributed by atoms with E-state index in [0.29, 0.717) is 12.1 Å². The minimum Gasteiger partial charge on any atom is -0.341 e. The highest BCUT2D eigenvalue weighted by atomic mass is 19.4. The van der Waals surface area contributed by atoms with Crippen LogP contribution in [0.25, 0.3) is 0 Å². The quantitative estimate of drug-likeness (QED) is 0.783. The van der Waals surface area contributed by atoms with Crippen LogP contribution in [0.2, 0.25) is 0 Å². The summed E-state index contributed by atoms with van der Waals surface area (Å²) in [5.41, 5.74) is 0.518. The number of alkyl halides is 3. The average Bonchev–Trinajstić information content (AvgIpc) is 3.19. The third-order valence-electron chi connectivity index (χ3n) is 4.75. The van der Waals surface area contributed by atoms with Gasteiger partial charge in [0.25, 0.3) is 0 Å². The predicted octanol–water partition coefficient (Wildman–Crippen LogP) is 2.45. The zero-order valence-electron chi connectivity index (χ0n) is 15.6. The Hall–Kier alpha value is -2.84. The molecule has 0 radical (unpaired) electrons. The monoisotopic (exact) mass is 394 g/mol. The third kappa shape index (κ3) is 4.52. The van der Waals surface area contributed by atoms with Crippen molar-refractivity contribution >= 4 is 11.8 Å². The molecule has 0 bridgehead atoms. The van der Waals surface area contributed by atoms with Gasteiger partial charge in [-0.2, -0.15) is 18.3 Å². The average molecular weight is 394 g/mol. The molecule has 150 valence electrons. The molecule has 1 unspecified atom stereocenters. The molecule has 1 saturated heterocycles. The van der Waals surface area contributed by atoms with Crippen molar-refractivity contribution in [3.8, 4) is 0 Å². The van der Waals surface area contributed by atoms with Crippen LogP contribution in [0.4, 0.5) is 13.2 Å². The lowest BCUT2D eigenvalue weighted by atomic mass is 10.1. The number of rotatable bonds is 5. The maximum Gasteiger partial charge on any atom is 0.416 e. The molecule has 9 heteroatoms. The van der Waals surface area contributed by atoms with Crippen molar-refractivity contribution in [3.63, 3.8) is 0 Å². The van der Waals surface area contributed by atoms with E-state index in [0.717, 1.165) is 17.7 Å². The first-order valence-electron chi connectivity index (χ1n) is 8.80. The standard InChI is InChI=1S/C19H21F3N4O2/c1-24(9-14-8-23-25(2)10-14)18(28)15-7-17(27)26(12-15)11-13-4-3-5-16(6-13)19(20,21)22/h3-6,8,10,15H,7,9,11-12H2,1-2H3. The number of carbonyl (C=O) groups excluding carboxylic acids is 2. The van der Waals surface area contributed by atoms with Gasteiger partial charge in [0.05, 0.1) is 17.7 Å². The number of aryl methyl sites for hydroxylation is 1. The lowest BCUT2D eigenvalue weighted by Crippen LogP contribution is -2.34. The summed E-state index contributed by atoms with van der Waals surface area (Å²) < 4.78 is 40.2. The highest BCUT2D eigenvalue weighted by molar-refractivity contribution is 5.89. The number of hydrogen-bond acceptors (Lipinski definition) is 3. The molecule has 28 heavy (non-hydrogen) atoms. The topological polar surface area (TPSA) is 58.4 Å². The number of halogens is 3. The van der Waals surface area contributed by atoms with Crippen LogP contribution in [0.3, 0.4) is 0 Å². The summed E-state index contributed by atoms with van der Waals surface area (Å²) in [5, 5.41) is 4.06. The summed E-state index contributed by atoms with van der Waals surface area (Å²) in [6.45, 7) is 0.634. The van der Waals surface area contributed by atoms with Gasteiger partial charge in [0, 0.05) is 51.9 Å². The lowest BCUT2D eigenvalue weighted by Gasteiger charge is -2.21. The first-order valence-corrected chi connectivity index (χ1v) is 8.80. The Kier molecular flexibility index (Phi) is 5.44. The minimum atomic E-state index is -4.43. The van der Waals surface area contributed by atoms with Gasteiger partial charge in [-0.3, -0.25) is 14.3 Å². The fourth-order valence-electron chi connectivity index (χ4n) is 3.37. The summed E-state index contributed by atoms with van der Waals surface area (Å²) in [6.07, 6.45) is -0.888. The van der Waals surface area contributed by atoms with Crippen molar-refractivity contribution in [3.05, 3.63) is 53.3 Å². The van der Waals surface area contributed by atoms with Crippen LogP contribution in [0, 0.1) is 5.92 Å². The second-order valence-electron chi connectivity index (χ2n) is 7.09. The van der Waals surface area contributed by atoms with E-state index in [2.05, 4.69) is 5.10 Å². The van der Waals surface area contributed by atoms with Crippen LogP contribution in [-0.2, 0) is 35.9 Å². The smallest absolute Gasteiger partial charge is 0.341 e. The first kappa shape index (κ1) is 19.9. The Morgan fingerprint density at radius 3 is 2.71 bits per heavy atom. The summed E-state index contributed by atoms with van der Waals surface area (Å²) in [6, 6.07) is 4.90. The predicted molar refractivity (Wildman–Crippen MR) is 94.7 cm³/mol. The number of benzene rings is 1. The molecule has 3 rings (SSSR count). The maximum atomic E-state index is 12.9. The van der Waals surface area contributed by atoms with E-state index >= 15 is 0 Å². The summed E-state index contributed by atoms with van der Waals surface area (Å²) in [5.74, 6) is -0.894. The van der Waals surface area contributed by atoms with Crippen LogP contribution in [-0.4, -0.2) is 45.0 Å². The molecule has 2 heterocycles. The number of hydrogen-bond donors (Lipinski definition) is 0. The van der Waals surface area contributed by atoms with Crippen LogP contribution in [0.15, 0.2) is 36.7 Å². The van der Waals surface area contributed by atoms with E-state index in [-0.39, 0.29) is 31.3 Å². The molecule has 0 saturated carbocycles. The molecule has 1 aliphatic heterocycles. The molecule has 1 aliphatic rings. The molecule has 6 nitrogen and oxygen atoms in total. The zero-order valence-corrected chi connectivity index (χ0v) is 15.6. The normalized spacial score (nSPS) is 17.2. The molecule has 1 fully saturated rings. The van der Waals surface area contributed by atoms with Crippen molar-refractivity contribution < 1.29 is 22.8 Å². The van der Waals surface area contributed by atoms with Crippen molar-refractivity contribution in [2.24, 2.45) is 13.0 Å². The van der Waals surface area contributed by atoms with Crippen molar-refractivity contribution in [1.82, 2.24) is 19.6 Å².